The molecule has 1 aliphatic rings. The standard InChI is InChI=1S/C11H10ClNO4/c1-11(7-2-4-8(12)5-3-7)6-17-10(16)13(11)9(14)15/h2-5H,6H2,1H3,(H,14,15). The molecular formula is C11H10ClNO4. The molecule has 5 nitrogen and oxygen atoms in total. The fourth-order valence-corrected chi connectivity index (χ4v) is 1.97. The van der Waals surface area contributed by atoms with Gasteiger partial charge in [0.15, 0.2) is 0 Å². The second kappa shape index (κ2) is 3.92. The van der Waals surface area contributed by atoms with E-state index in [0.29, 0.717) is 15.5 Å². The highest BCUT2D eigenvalue weighted by molar-refractivity contribution is 6.30. The van der Waals surface area contributed by atoms with Crippen LogP contribution in [-0.2, 0) is 10.3 Å². The number of halogens is 1. The number of cyclic esters (lactones) is 1. The number of amides is 2. The summed E-state index contributed by atoms with van der Waals surface area (Å²) in [6.45, 7) is 1.63. The number of carboxylic acid groups (broad SMARTS) is 1. The molecule has 0 bridgehead atoms. The van der Waals surface area contributed by atoms with Crippen molar-refractivity contribution in [2.24, 2.45) is 0 Å². The van der Waals surface area contributed by atoms with Crippen LogP contribution in [0.15, 0.2) is 24.3 Å². The third-order valence-corrected chi connectivity index (χ3v) is 3.06. The van der Waals surface area contributed by atoms with Gasteiger partial charge in [0.2, 0.25) is 0 Å². The number of hydrogen-bond acceptors (Lipinski definition) is 3. The first-order valence-electron chi connectivity index (χ1n) is 4.91. The van der Waals surface area contributed by atoms with E-state index in [-0.39, 0.29) is 6.61 Å². The molecule has 90 valence electrons. The van der Waals surface area contributed by atoms with Crippen molar-refractivity contribution >= 4 is 23.8 Å². The Morgan fingerprint density at radius 1 is 1.47 bits per heavy atom. The average Bonchev–Trinajstić information content (AvgIpc) is 2.56. The lowest BCUT2D eigenvalue weighted by Crippen LogP contribution is -2.45. The van der Waals surface area contributed by atoms with E-state index in [2.05, 4.69) is 0 Å². The van der Waals surface area contributed by atoms with Crippen LogP contribution < -0.4 is 0 Å². The lowest BCUT2D eigenvalue weighted by Gasteiger charge is -2.28. The van der Waals surface area contributed by atoms with Gasteiger partial charge >= 0.3 is 12.2 Å². The molecule has 1 saturated heterocycles. The van der Waals surface area contributed by atoms with Crippen molar-refractivity contribution in [1.29, 1.82) is 0 Å². The summed E-state index contributed by atoms with van der Waals surface area (Å²) in [4.78, 5) is 23.1. The van der Waals surface area contributed by atoms with Gasteiger partial charge in [-0.2, -0.15) is 4.90 Å². The van der Waals surface area contributed by atoms with E-state index in [0.717, 1.165) is 0 Å². The zero-order valence-electron chi connectivity index (χ0n) is 9.01. The number of rotatable bonds is 1. The van der Waals surface area contributed by atoms with Crippen LogP contribution in [0.25, 0.3) is 0 Å². The van der Waals surface area contributed by atoms with Crippen LogP contribution in [0.3, 0.4) is 0 Å². The van der Waals surface area contributed by atoms with Gasteiger partial charge in [0.25, 0.3) is 0 Å². The molecule has 2 amide bonds. The van der Waals surface area contributed by atoms with Crippen LogP contribution in [-0.4, -0.2) is 28.8 Å². The quantitative estimate of drug-likeness (QED) is 0.838. The number of benzene rings is 1. The zero-order valence-corrected chi connectivity index (χ0v) is 9.77. The van der Waals surface area contributed by atoms with E-state index in [1.165, 1.54) is 0 Å². The molecule has 1 aromatic rings. The molecule has 1 N–H and O–H groups in total. The maximum Gasteiger partial charge on any atom is 0.420 e. The predicted molar refractivity (Wildman–Crippen MR) is 60.0 cm³/mol. The van der Waals surface area contributed by atoms with Crippen LogP contribution in [0.4, 0.5) is 9.59 Å². The molecule has 0 saturated carbocycles. The minimum atomic E-state index is -1.33. The van der Waals surface area contributed by atoms with Gasteiger partial charge in [-0.15, -0.1) is 0 Å². The number of imide groups is 1. The van der Waals surface area contributed by atoms with Crippen molar-refractivity contribution in [2.75, 3.05) is 6.61 Å². The summed E-state index contributed by atoms with van der Waals surface area (Å²) >= 11 is 5.76. The third-order valence-electron chi connectivity index (χ3n) is 2.81. The summed E-state index contributed by atoms with van der Waals surface area (Å²) in [5.74, 6) is 0. The summed E-state index contributed by atoms with van der Waals surface area (Å²) in [5, 5.41) is 9.58. The van der Waals surface area contributed by atoms with Gasteiger partial charge in [0.1, 0.15) is 12.1 Å². The fourth-order valence-electron chi connectivity index (χ4n) is 1.84. The molecule has 1 heterocycles. The molecule has 1 unspecified atom stereocenters. The topological polar surface area (TPSA) is 66.8 Å². The average molecular weight is 256 g/mol. The number of carbonyl (C=O) groups excluding carboxylic acids is 1. The lowest BCUT2D eigenvalue weighted by molar-refractivity contribution is 0.122. The molecule has 0 aromatic heterocycles. The zero-order chi connectivity index (χ0) is 12.6. The maximum absolute atomic E-state index is 11.4. The fraction of sp³-hybridized carbons (Fsp3) is 0.273. The van der Waals surface area contributed by atoms with Crippen LogP contribution in [0.2, 0.25) is 5.02 Å². The van der Waals surface area contributed by atoms with E-state index in [1.807, 2.05) is 0 Å². The second-order valence-corrected chi connectivity index (χ2v) is 4.39. The van der Waals surface area contributed by atoms with Crippen molar-refractivity contribution in [3.8, 4) is 0 Å². The molecule has 1 aliphatic heterocycles. The largest absolute Gasteiger partial charge is 0.464 e. The molecule has 6 heteroatoms. The summed E-state index contributed by atoms with van der Waals surface area (Å²) in [6.07, 6.45) is -2.18. The monoisotopic (exact) mass is 255 g/mol. The highest BCUT2D eigenvalue weighted by atomic mass is 35.5. The van der Waals surface area contributed by atoms with Crippen molar-refractivity contribution in [1.82, 2.24) is 4.90 Å². The first-order valence-corrected chi connectivity index (χ1v) is 5.29. The molecule has 17 heavy (non-hydrogen) atoms. The minimum absolute atomic E-state index is 0.000232. The summed E-state index contributed by atoms with van der Waals surface area (Å²) < 4.78 is 4.80. The number of ether oxygens (including phenoxy) is 1. The Morgan fingerprint density at radius 2 is 2.06 bits per heavy atom. The van der Waals surface area contributed by atoms with E-state index in [1.54, 1.807) is 31.2 Å². The highest BCUT2D eigenvalue weighted by Gasteiger charge is 2.49. The molecule has 0 aliphatic carbocycles. The van der Waals surface area contributed by atoms with E-state index >= 15 is 0 Å². The Kier molecular flexibility index (Phi) is 2.71. The van der Waals surface area contributed by atoms with Gasteiger partial charge in [-0.05, 0) is 24.6 Å². The normalized spacial score (nSPS) is 23.6. The van der Waals surface area contributed by atoms with Gasteiger partial charge in [-0.25, -0.2) is 9.59 Å². The minimum Gasteiger partial charge on any atom is -0.464 e. The second-order valence-electron chi connectivity index (χ2n) is 3.95. The SMILES string of the molecule is CC1(c2ccc(Cl)cc2)COC(=O)N1C(=O)O. The van der Waals surface area contributed by atoms with Gasteiger partial charge in [-0.1, -0.05) is 23.7 Å². The first kappa shape index (κ1) is 11.7. The predicted octanol–water partition coefficient (Wildman–Crippen LogP) is 2.69. The van der Waals surface area contributed by atoms with Gasteiger partial charge in [-0.3, -0.25) is 0 Å². The molecular weight excluding hydrogens is 246 g/mol. The van der Waals surface area contributed by atoms with Gasteiger partial charge < -0.3 is 9.84 Å². The third kappa shape index (κ3) is 1.82. The van der Waals surface area contributed by atoms with Crippen LogP contribution in [0.5, 0.6) is 0 Å². The van der Waals surface area contributed by atoms with Crippen LogP contribution in [0.1, 0.15) is 12.5 Å². The van der Waals surface area contributed by atoms with Gasteiger partial charge in [0, 0.05) is 5.02 Å². The van der Waals surface area contributed by atoms with Crippen LogP contribution >= 0.6 is 11.6 Å². The maximum atomic E-state index is 11.4. The summed E-state index contributed by atoms with van der Waals surface area (Å²) in [6, 6.07) is 6.65. The smallest absolute Gasteiger partial charge is 0.420 e. The Morgan fingerprint density at radius 3 is 2.59 bits per heavy atom. The van der Waals surface area contributed by atoms with Crippen molar-refractivity contribution in [3.63, 3.8) is 0 Å². The Bertz CT molecular complexity index is 473. The molecule has 1 aromatic carbocycles. The molecule has 1 atom stereocenters. The summed E-state index contributed by atoms with van der Waals surface area (Å²) in [5.41, 5.74) is -0.344. The Hall–Kier alpha value is -1.75. The molecule has 2 rings (SSSR count). The highest BCUT2D eigenvalue weighted by Crippen LogP contribution is 2.34. The summed E-state index contributed by atoms with van der Waals surface area (Å²) in [7, 11) is 0. The molecule has 0 spiro atoms. The number of nitrogens with zero attached hydrogens (tertiary/aromatic N) is 1. The van der Waals surface area contributed by atoms with Gasteiger partial charge in [0.05, 0.1) is 0 Å². The molecule has 0 radical (unpaired) electrons. The Labute approximate surface area is 103 Å². The number of hydrogen-bond donors (Lipinski definition) is 1. The van der Waals surface area contributed by atoms with Crippen molar-refractivity contribution in [3.05, 3.63) is 34.9 Å². The van der Waals surface area contributed by atoms with Crippen LogP contribution in [0, 0.1) is 0 Å². The molecule has 1 fully saturated rings. The number of carbonyl (C=O) groups is 2. The van der Waals surface area contributed by atoms with E-state index < -0.39 is 17.7 Å². The van der Waals surface area contributed by atoms with E-state index in [9.17, 15) is 9.59 Å². The van der Waals surface area contributed by atoms with Crippen molar-refractivity contribution < 1.29 is 19.4 Å². The van der Waals surface area contributed by atoms with E-state index in [4.69, 9.17) is 21.4 Å². The first-order chi connectivity index (χ1) is 7.95. The van der Waals surface area contributed by atoms with Crippen molar-refractivity contribution in [2.45, 2.75) is 12.5 Å². The lowest BCUT2D eigenvalue weighted by atomic mass is 9.92. The Balaban J connectivity index is 2.44.